The van der Waals surface area contributed by atoms with Gasteiger partial charge < -0.3 is 57.2 Å². The number of fused-ring (bicyclic) bond motifs is 5. The zero-order valence-electron chi connectivity index (χ0n) is 62.8. The van der Waals surface area contributed by atoms with Crippen LogP contribution in [0.15, 0.2) is 92.4 Å². The molecule has 13 rings (SSSR count). The van der Waals surface area contributed by atoms with Gasteiger partial charge in [-0.1, -0.05) is 34.6 Å². The van der Waals surface area contributed by atoms with Crippen molar-refractivity contribution in [3.63, 3.8) is 0 Å². The van der Waals surface area contributed by atoms with E-state index in [9.17, 15) is 50.4 Å². The van der Waals surface area contributed by atoms with E-state index in [1.165, 1.54) is 24.1 Å². The molecule has 8 aromatic rings. The number of anilines is 4. The Morgan fingerprint density at radius 3 is 1.18 bits per heavy atom. The first-order valence-corrected chi connectivity index (χ1v) is 41.6. The van der Waals surface area contributed by atoms with Crippen LogP contribution in [0.1, 0.15) is 193 Å². The second kappa shape index (κ2) is 34.6. The van der Waals surface area contributed by atoms with Gasteiger partial charge in [-0.05, 0) is 218 Å². The predicted octanol–water partition coefficient (Wildman–Crippen LogP) is 13.2. The van der Waals surface area contributed by atoms with Gasteiger partial charge in [-0.2, -0.15) is 0 Å². The summed E-state index contributed by atoms with van der Waals surface area (Å²) in [5, 5.41) is 20.1. The van der Waals surface area contributed by atoms with E-state index in [1.807, 2.05) is 107 Å². The van der Waals surface area contributed by atoms with Crippen molar-refractivity contribution >= 4 is 154 Å². The van der Waals surface area contributed by atoms with Gasteiger partial charge in [0.1, 0.15) is 0 Å². The fraction of sp³-hybridized carbons (Fsp3) is 0.321. The minimum atomic E-state index is -1.15. The predicted molar refractivity (Wildman–Crippen MR) is 431 cm³/mol. The molecule has 4 aliphatic heterocycles. The van der Waals surface area contributed by atoms with Crippen molar-refractivity contribution in [2.75, 3.05) is 64.9 Å². The van der Waals surface area contributed by atoms with Crippen LogP contribution in [0.4, 0.5) is 22.7 Å². The summed E-state index contributed by atoms with van der Waals surface area (Å²) < 4.78 is 48.0. The van der Waals surface area contributed by atoms with Crippen LogP contribution in [0.3, 0.4) is 0 Å². The van der Waals surface area contributed by atoms with E-state index in [0.29, 0.717) is 102 Å². The summed E-state index contributed by atoms with van der Waals surface area (Å²) in [6.07, 6.45) is 17.7. The molecule has 4 unspecified atom stereocenters. The molecule has 4 aromatic carbocycles. The molecule has 7 amide bonds. The van der Waals surface area contributed by atoms with E-state index in [-0.39, 0.29) is 41.4 Å². The Labute approximate surface area is 633 Å². The van der Waals surface area contributed by atoms with Crippen LogP contribution in [-0.2, 0) is 75.2 Å². The third kappa shape index (κ3) is 17.3. The van der Waals surface area contributed by atoms with E-state index in [1.54, 1.807) is 79.3 Å². The molecule has 107 heavy (non-hydrogen) atoms. The van der Waals surface area contributed by atoms with E-state index in [2.05, 4.69) is 63.2 Å². The highest BCUT2D eigenvalue weighted by molar-refractivity contribution is 7.85. The SMILES string of the molecule is CCCNC(=O)c1c(C)[nH]c(/C=C2\C(=O)Nc3ccc(S(=O)CC)cc32)c1C.CCCNC(=O)c1c(C)[nH]c(/C=C2\C(=O)Nc3ccc(S(C)=O)c(C)c32)c1C.CCCNC(=O)c1c(C)[nH]c(/C=C2\C(=O)Nc3ccc(S(C)=O)cc32)c1C.CCS(=O)c1ccc2c(c1)/C(=C/c1cc3c([nH]1)CCCC3)C(=O)N2. The maximum absolute atomic E-state index is 12.6. The number of aromatic amines is 4. The monoisotopic (exact) mass is 1520 g/mol. The van der Waals surface area contributed by atoms with Gasteiger partial charge in [0.05, 0.1) is 71.4 Å². The lowest BCUT2D eigenvalue weighted by atomic mass is 9.98. The Hall–Kier alpha value is -10.2. The fourth-order valence-electron chi connectivity index (χ4n) is 13.7. The number of aryl methyl sites for hydroxylation is 5. The van der Waals surface area contributed by atoms with Gasteiger partial charge in [0.2, 0.25) is 0 Å². The molecular weight excluding hydrogens is 1430 g/mol. The highest BCUT2D eigenvalue weighted by Crippen LogP contribution is 2.41. The molecule has 5 aliphatic rings. The van der Waals surface area contributed by atoms with Crippen LogP contribution in [-0.4, -0.2) is 122 Å². The van der Waals surface area contributed by atoms with Gasteiger partial charge in [-0.15, -0.1) is 0 Å². The second-order valence-electron chi connectivity index (χ2n) is 26.7. The number of amides is 7. The molecule has 4 aromatic heterocycles. The van der Waals surface area contributed by atoms with Crippen molar-refractivity contribution in [3.8, 4) is 0 Å². The average Bonchev–Trinajstić information content (AvgIpc) is 1.67. The molecule has 0 spiro atoms. The third-order valence-electron chi connectivity index (χ3n) is 19.2. The number of benzene rings is 4. The van der Waals surface area contributed by atoms with Gasteiger partial charge in [-0.25, -0.2) is 0 Å². The van der Waals surface area contributed by atoms with Crippen molar-refractivity contribution in [2.45, 2.75) is 148 Å². The van der Waals surface area contributed by atoms with Crippen LogP contribution >= 0.6 is 0 Å². The molecule has 0 radical (unpaired) electrons. The fourth-order valence-corrected chi connectivity index (χ4v) is 16.6. The lowest BCUT2D eigenvalue weighted by Crippen LogP contribution is -2.24. The van der Waals surface area contributed by atoms with Crippen LogP contribution < -0.4 is 37.2 Å². The number of nitrogens with one attached hydrogen (secondary N) is 11. The van der Waals surface area contributed by atoms with Gasteiger partial charge in [0.15, 0.2) is 0 Å². The second-order valence-corrected chi connectivity index (χ2v) is 32.9. The Morgan fingerprint density at radius 1 is 0.421 bits per heavy atom. The molecule has 11 N–H and O–H groups in total. The van der Waals surface area contributed by atoms with Crippen molar-refractivity contribution in [1.29, 1.82) is 0 Å². The van der Waals surface area contributed by atoms with Gasteiger partial charge in [0, 0.05) is 165 Å². The summed E-state index contributed by atoms with van der Waals surface area (Å²) in [5.41, 5.74) is 21.2. The van der Waals surface area contributed by atoms with Crippen LogP contribution in [0.5, 0.6) is 0 Å². The molecule has 22 nitrogen and oxygen atoms in total. The standard InChI is InChI=1S/2C21H25N3O3S.C20H23N3O3S.C19H20N2O2S/c1-6-9-22-21(26)18-11(2)16(23-13(18)4)10-14-19-12(3)17(28(5)27)8-7-15(19)24-20(14)25;1-5-9-22-21(26)19-12(3)18(23-13(19)4)11-16-15-10-14(28(27)6-2)7-8-17(15)24-20(16)25;1-5-8-21-20(25)18-11(2)17(22-12(18)3)10-15-14-9-13(27(4)26)6-7-16(14)23-19(15)24;1-2-24(23)14-7-8-18-15(11-14)16(19(22)21-18)10-13-9-12-5-3-4-6-17(12)20-13/h7-8,10,23H,6,9H2,1-5H3,(H,22,26)(H,24,25);7-8,10-11,23H,5-6,9H2,1-4H3,(H,22,26)(H,24,25);6-7,9-10,22H,5,8H2,1-4H3,(H,21,25)(H,23,24);7-11,20H,2-6H2,1H3,(H,21,22)/b14-10-;16-11-;15-10-;16-10-. The zero-order chi connectivity index (χ0) is 77.4. The molecule has 0 bridgehead atoms. The Bertz CT molecular complexity index is 5150. The molecule has 1 aliphatic carbocycles. The lowest BCUT2D eigenvalue weighted by molar-refractivity contribution is -0.111. The Balaban J connectivity index is 0.000000153. The number of H-pyrrole nitrogens is 4. The molecular formula is C81H93N11O11S4. The first-order chi connectivity index (χ1) is 51.1. The first kappa shape index (κ1) is 79.4. The normalized spacial score (nSPS) is 16.3. The van der Waals surface area contributed by atoms with Crippen molar-refractivity contribution in [2.24, 2.45) is 0 Å². The smallest absolute Gasteiger partial charge is 0.256 e. The molecule has 562 valence electrons. The highest BCUT2D eigenvalue weighted by Gasteiger charge is 2.32. The van der Waals surface area contributed by atoms with Gasteiger partial charge in [-0.3, -0.25) is 50.4 Å². The topological polar surface area (TPSA) is 335 Å². The first-order valence-electron chi connectivity index (χ1n) is 35.9. The maximum atomic E-state index is 12.6. The minimum absolute atomic E-state index is 0.1000. The Morgan fingerprint density at radius 2 is 0.785 bits per heavy atom. The van der Waals surface area contributed by atoms with Crippen molar-refractivity contribution in [3.05, 3.63) is 185 Å². The summed E-state index contributed by atoms with van der Waals surface area (Å²) in [6.45, 7) is 24.6. The largest absolute Gasteiger partial charge is 0.359 e. The molecule has 0 saturated heterocycles. The maximum Gasteiger partial charge on any atom is 0.256 e. The quantitative estimate of drug-likeness (QED) is 0.0338. The summed E-state index contributed by atoms with van der Waals surface area (Å²) >= 11 is 0. The number of aromatic nitrogens is 4. The van der Waals surface area contributed by atoms with Crippen molar-refractivity contribution in [1.82, 2.24) is 35.9 Å². The van der Waals surface area contributed by atoms with Gasteiger partial charge >= 0.3 is 0 Å². The van der Waals surface area contributed by atoms with Crippen LogP contribution in [0.25, 0.3) is 46.6 Å². The van der Waals surface area contributed by atoms with E-state index in [4.69, 9.17) is 0 Å². The molecule has 8 heterocycles. The van der Waals surface area contributed by atoms with E-state index < -0.39 is 43.2 Å². The Kier molecular flexibility index (Phi) is 25.7. The summed E-state index contributed by atoms with van der Waals surface area (Å²) in [6, 6.07) is 21.9. The van der Waals surface area contributed by atoms with E-state index in [0.717, 1.165) is 127 Å². The molecule has 0 saturated carbocycles. The molecule has 0 fully saturated rings. The number of hydrogen-bond donors (Lipinski definition) is 11. The number of carbonyl (C=O) groups is 7. The lowest BCUT2D eigenvalue weighted by Gasteiger charge is -2.08. The molecule has 4 atom stereocenters. The summed E-state index contributed by atoms with van der Waals surface area (Å²) in [5.74, 6) is 0.00662. The minimum Gasteiger partial charge on any atom is -0.359 e. The van der Waals surface area contributed by atoms with E-state index >= 15 is 0 Å². The summed E-state index contributed by atoms with van der Waals surface area (Å²) in [4.78, 5) is 103. The number of carbonyl (C=O) groups excluding carboxylic acids is 7. The van der Waals surface area contributed by atoms with Crippen LogP contribution in [0.2, 0.25) is 0 Å². The molecule has 26 heteroatoms. The third-order valence-corrected chi connectivity index (χ3v) is 23.8. The number of rotatable bonds is 19. The van der Waals surface area contributed by atoms with Crippen molar-refractivity contribution < 1.29 is 50.4 Å². The van der Waals surface area contributed by atoms with Gasteiger partial charge in [0.25, 0.3) is 41.4 Å². The number of hydrogen-bond acceptors (Lipinski definition) is 11. The zero-order valence-corrected chi connectivity index (χ0v) is 66.1. The summed E-state index contributed by atoms with van der Waals surface area (Å²) in [7, 11) is -4.40. The highest BCUT2D eigenvalue weighted by atomic mass is 32.2. The van der Waals surface area contributed by atoms with Crippen LogP contribution in [0, 0.1) is 48.5 Å². The average molecular weight is 1520 g/mol.